The van der Waals surface area contributed by atoms with Gasteiger partial charge in [-0.3, -0.25) is 9.59 Å². The molecule has 0 aromatic rings. The molecule has 0 amide bonds. The van der Waals surface area contributed by atoms with Crippen LogP contribution in [0.3, 0.4) is 0 Å². The summed E-state index contributed by atoms with van der Waals surface area (Å²) in [5.41, 5.74) is 0. The highest BCUT2D eigenvalue weighted by Gasteiger charge is 2.19. The van der Waals surface area contributed by atoms with Crippen molar-refractivity contribution in [2.24, 2.45) is 0 Å². The SMILES string of the molecule is CCC(Cl)C(=O)C(=O)CCl. The first-order valence-electron chi connectivity index (χ1n) is 2.90. The summed E-state index contributed by atoms with van der Waals surface area (Å²) in [5, 5.41) is -0.703. The Morgan fingerprint density at radius 1 is 1.50 bits per heavy atom. The van der Waals surface area contributed by atoms with Gasteiger partial charge in [-0.15, -0.1) is 23.2 Å². The van der Waals surface area contributed by atoms with Crippen molar-refractivity contribution in [1.82, 2.24) is 0 Å². The summed E-state index contributed by atoms with van der Waals surface area (Å²) in [7, 11) is 0. The summed E-state index contributed by atoms with van der Waals surface area (Å²) in [4.78, 5) is 21.3. The third kappa shape index (κ3) is 2.67. The maximum Gasteiger partial charge on any atom is 0.217 e. The topological polar surface area (TPSA) is 34.1 Å². The lowest BCUT2D eigenvalue weighted by Crippen LogP contribution is -2.24. The van der Waals surface area contributed by atoms with Gasteiger partial charge < -0.3 is 0 Å². The summed E-state index contributed by atoms with van der Waals surface area (Å²) in [5.74, 6) is -1.47. The largest absolute Gasteiger partial charge is 0.289 e. The predicted octanol–water partition coefficient (Wildman–Crippen LogP) is 1.38. The molecule has 0 aromatic carbocycles. The number of Topliss-reactive ketones (excluding diaryl/α,β-unsaturated/α-hetero) is 2. The molecule has 0 aliphatic rings. The summed E-state index contributed by atoms with van der Waals surface area (Å²) in [6.45, 7) is 1.73. The molecule has 58 valence electrons. The molecule has 0 fully saturated rings. The van der Waals surface area contributed by atoms with Gasteiger partial charge in [-0.05, 0) is 6.42 Å². The van der Waals surface area contributed by atoms with Crippen molar-refractivity contribution in [2.75, 3.05) is 5.88 Å². The van der Waals surface area contributed by atoms with Crippen LogP contribution in [0.15, 0.2) is 0 Å². The van der Waals surface area contributed by atoms with Gasteiger partial charge in [0, 0.05) is 0 Å². The molecular formula is C6H8Cl2O2. The first-order valence-corrected chi connectivity index (χ1v) is 3.87. The Morgan fingerprint density at radius 3 is 2.30 bits per heavy atom. The minimum atomic E-state index is -0.703. The summed E-state index contributed by atoms with van der Waals surface area (Å²) >= 11 is 10.6. The van der Waals surface area contributed by atoms with Gasteiger partial charge in [0.25, 0.3) is 0 Å². The second kappa shape index (κ2) is 4.69. The van der Waals surface area contributed by atoms with Crippen LogP contribution in [0, 0.1) is 0 Å². The smallest absolute Gasteiger partial charge is 0.217 e. The zero-order valence-corrected chi connectivity index (χ0v) is 7.08. The van der Waals surface area contributed by atoms with E-state index in [2.05, 4.69) is 0 Å². The predicted molar refractivity (Wildman–Crippen MR) is 40.7 cm³/mol. The van der Waals surface area contributed by atoms with Crippen molar-refractivity contribution in [3.05, 3.63) is 0 Å². The van der Waals surface area contributed by atoms with Crippen LogP contribution in [-0.2, 0) is 9.59 Å². The van der Waals surface area contributed by atoms with E-state index >= 15 is 0 Å². The lowest BCUT2D eigenvalue weighted by molar-refractivity contribution is -0.134. The van der Waals surface area contributed by atoms with Crippen LogP contribution in [0.25, 0.3) is 0 Å². The van der Waals surface area contributed by atoms with E-state index in [0.29, 0.717) is 6.42 Å². The average molecular weight is 183 g/mol. The Bertz CT molecular complexity index is 145. The first kappa shape index (κ1) is 9.92. The highest BCUT2D eigenvalue weighted by molar-refractivity contribution is 6.54. The fourth-order valence-corrected chi connectivity index (χ4v) is 0.679. The highest BCUT2D eigenvalue weighted by Crippen LogP contribution is 2.03. The second-order valence-corrected chi connectivity index (χ2v) is 2.59. The quantitative estimate of drug-likeness (QED) is 0.487. The maximum absolute atomic E-state index is 10.7. The van der Waals surface area contributed by atoms with Crippen molar-refractivity contribution < 1.29 is 9.59 Å². The number of halogens is 2. The van der Waals surface area contributed by atoms with Gasteiger partial charge in [-0.1, -0.05) is 6.92 Å². The number of hydrogen-bond donors (Lipinski definition) is 0. The molecule has 1 unspecified atom stereocenters. The zero-order chi connectivity index (χ0) is 8.15. The van der Waals surface area contributed by atoms with Gasteiger partial charge in [0.15, 0.2) is 0 Å². The Balaban J connectivity index is 3.95. The van der Waals surface area contributed by atoms with E-state index < -0.39 is 16.9 Å². The Morgan fingerprint density at radius 2 is 2.00 bits per heavy atom. The molecule has 1 atom stereocenters. The zero-order valence-electron chi connectivity index (χ0n) is 5.56. The van der Waals surface area contributed by atoms with E-state index in [9.17, 15) is 9.59 Å². The molecular weight excluding hydrogens is 175 g/mol. The summed E-state index contributed by atoms with van der Waals surface area (Å²) < 4.78 is 0. The van der Waals surface area contributed by atoms with Gasteiger partial charge in [0.1, 0.15) is 0 Å². The van der Waals surface area contributed by atoms with Crippen LogP contribution < -0.4 is 0 Å². The Hall–Kier alpha value is -0.0800. The molecule has 0 bridgehead atoms. The van der Waals surface area contributed by atoms with Crippen molar-refractivity contribution in [3.63, 3.8) is 0 Å². The van der Waals surface area contributed by atoms with Gasteiger partial charge in [-0.2, -0.15) is 0 Å². The number of carbonyl (C=O) groups is 2. The van der Waals surface area contributed by atoms with Crippen LogP contribution in [0.1, 0.15) is 13.3 Å². The van der Waals surface area contributed by atoms with Crippen molar-refractivity contribution in [3.8, 4) is 0 Å². The molecule has 0 saturated carbocycles. The molecule has 0 spiro atoms. The molecule has 0 aliphatic heterocycles. The lowest BCUT2D eigenvalue weighted by atomic mass is 10.2. The molecule has 0 N–H and O–H groups in total. The minimum Gasteiger partial charge on any atom is -0.289 e. The molecule has 0 rings (SSSR count). The summed E-state index contributed by atoms with van der Waals surface area (Å²) in [6, 6.07) is 0. The average Bonchev–Trinajstić information content (AvgIpc) is 2.00. The van der Waals surface area contributed by atoms with E-state index in [1.54, 1.807) is 6.92 Å². The molecule has 0 heterocycles. The second-order valence-electron chi connectivity index (χ2n) is 1.80. The van der Waals surface area contributed by atoms with Crippen molar-refractivity contribution in [1.29, 1.82) is 0 Å². The lowest BCUT2D eigenvalue weighted by Gasteiger charge is -2.00. The number of hydrogen-bond acceptors (Lipinski definition) is 2. The van der Waals surface area contributed by atoms with E-state index in [4.69, 9.17) is 23.2 Å². The molecule has 4 heteroatoms. The Labute approximate surface area is 69.5 Å². The van der Waals surface area contributed by atoms with Crippen LogP contribution in [0.5, 0.6) is 0 Å². The normalized spacial score (nSPS) is 12.7. The van der Waals surface area contributed by atoms with Gasteiger partial charge in [-0.25, -0.2) is 0 Å². The molecule has 0 saturated heterocycles. The molecule has 0 radical (unpaired) electrons. The number of ketones is 2. The van der Waals surface area contributed by atoms with Gasteiger partial charge in [0.2, 0.25) is 11.6 Å². The van der Waals surface area contributed by atoms with Crippen LogP contribution >= 0.6 is 23.2 Å². The van der Waals surface area contributed by atoms with Crippen molar-refractivity contribution in [2.45, 2.75) is 18.7 Å². The fraction of sp³-hybridized carbons (Fsp3) is 0.667. The molecule has 0 aliphatic carbocycles. The highest BCUT2D eigenvalue weighted by atomic mass is 35.5. The van der Waals surface area contributed by atoms with Gasteiger partial charge >= 0.3 is 0 Å². The van der Waals surface area contributed by atoms with E-state index in [1.807, 2.05) is 0 Å². The van der Waals surface area contributed by atoms with Crippen LogP contribution in [-0.4, -0.2) is 22.8 Å². The third-order valence-electron chi connectivity index (χ3n) is 1.04. The van der Waals surface area contributed by atoms with Crippen LogP contribution in [0.4, 0.5) is 0 Å². The standard InChI is InChI=1S/C6H8Cl2O2/c1-2-4(8)6(10)5(9)3-7/h4H,2-3H2,1H3. The molecule has 2 nitrogen and oxygen atoms in total. The van der Waals surface area contributed by atoms with E-state index in [0.717, 1.165) is 0 Å². The van der Waals surface area contributed by atoms with E-state index in [-0.39, 0.29) is 5.88 Å². The first-order chi connectivity index (χ1) is 4.63. The maximum atomic E-state index is 10.7. The van der Waals surface area contributed by atoms with Crippen molar-refractivity contribution >= 4 is 34.8 Å². The van der Waals surface area contributed by atoms with E-state index in [1.165, 1.54) is 0 Å². The molecule has 10 heavy (non-hydrogen) atoms. The number of rotatable bonds is 4. The van der Waals surface area contributed by atoms with Gasteiger partial charge in [0.05, 0.1) is 11.3 Å². The molecule has 0 aromatic heterocycles. The fourth-order valence-electron chi connectivity index (χ4n) is 0.426. The minimum absolute atomic E-state index is 0.276. The summed E-state index contributed by atoms with van der Waals surface area (Å²) in [6.07, 6.45) is 0.461. The monoisotopic (exact) mass is 182 g/mol. The van der Waals surface area contributed by atoms with Crippen LogP contribution in [0.2, 0.25) is 0 Å². The number of alkyl halides is 2. The number of carbonyl (C=O) groups excluding carboxylic acids is 2. The Kier molecular flexibility index (Phi) is 4.65. The third-order valence-corrected chi connectivity index (χ3v) is 1.79.